The Balaban J connectivity index is 1.27. The molecule has 4 heteroatoms. The normalized spacial score (nSPS) is 12.5. The average molecular weight is 714 g/mol. The highest BCUT2D eigenvalue weighted by Crippen LogP contribution is 2.50. The maximum atomic E-state index is 2.48. The van der Waals surface area contributed by atoms with Crippen LogP contribution in [0.15, 0.2) is 218 Å². The molecule has 0 aliphatic carbocycles. The number of nitrogens with zero attached hydrogens (tertiary/aromatic N) is 3. The average Bonchev–Trinajstić information content (AvgIpc) is 3.27. The number of anilines is 9. The first-order chi connectivity index (χ1) is 27.8. The Morgan fingerprint density at radius 3 is 1.45 bits per heavy atom. The van der Waals surface area contributed by atoms with Crippen molar-refractivity contribution >= 4 is 85.1 Å². The van der Waals surface area contributed by atoms with Crippen molar-refractivity contribution in [2.75, 3.05) is 14.7 Å². The summed E-state index contributed by atoms with van der Waals surface area (Å²) >= 11 is 0. The molecule has 0 spiro atoms. The van der Waals surface area contributed by atoms with E-state index in [2.05, 4.69) is 233 Å². The highest BCUT2D eigenvalue weighted by molar-refractivity contribution is 7.00. The maximum absolute atomic E-state index is 2.48. The monoisotopic (exact) mass is 713 g/mol. The summed E-state index contributed by atoms with van der Waals surface area (Å²) in [6.45, 7) is 0.0482. The highest BCUT2D eigenvalue weighted by Gasteiger charge is 2.43. The lowest BCUT2D eigenvalue weighted by molar-refractivity contribution is 1.23. The van der Waals surface area contributed by atoms with Gasteiger partial charge in [0, 0.05) is 45.4 Å². The van der Waals surface area contributed by atoms with E-state index in [1.54, 1.807) is 0 Å². The van der Waals surface area contributed by atoms with Crippen molar-refractivity contribution in [1.29, 1.82) is 0 Å². The summed E-state index contributed by atoms with van der Waals surface area (Å²) in [5.74, 6) is 0. The Labute approximate surface area is 328 Å². The first-order valence-corrected chi connectivity index (χ1v) is 19.3. The molecule has 56 heavy (non-hydrogen) atoms. The van der Waals surface area contributed by atoms with Gasteiger partial charge in [0.1, 0.15) is 0 Å². The molecule has 9 aromatic rings. The van der Waals surface area contributed by atoms with Crippen LogP contribution in [0.3, 0.4) is 0 Å². The molecule has 0 saturated carbocycles. The molecule has 2 aliphatic rings. The van der Waals surface area contributed by atoms with Gasteiger partial charge in [-0.25, -0.2) is 0 Å². The Hall–Kier alpha value is -7.30. The number of benzene rings is 9. The summed E-state index contributed by atoms with van der Waals surface area (Å²) in [6, 6.07) is 79.5. The third-order valence-corrected chi connectivity index (χ3v) is 11.4. The van der Waals surface area contributed by atoms with E-state index < -0.39 is 0 Å². The van der Waals surface area contributed by atoms with E-state index >= 15 is 0 Å². The lowest BCUT2D eigenvalue weighted by atomic mass is 9.33. The molecule has 0 atom stereocenters. The summed E-state index contributed by atoms with van der Waals surface area (Å²) in [5.41, 5.74) is 16.6. The van der Waals surface area contributed by atoms with Gasteiger partial charge >= 0.3 is 0 Å². The lowest BCUT2D eigenvalue weighted by Gasteiger charge is -2.45. The second-order valence-corrected chi connectivity index (χ2v) is 14.5. The fourth-order valence-electron chi connectivity index (χ4n) is 9.08. The van der Waals surface area contributed by atoms with Gasteiger partial charge in [0.05, 0.1) is 11.4 Å². The van der Waals surface area contributed by atoms with Crippen molar-refractivity contribution in [3.05, 3.63) is 218 Å². The first-order valence-electron chi connectivity index (χ1n) is 19.3. The molecule has 3 nitrogen and oxygen atoms in total. The van der Waals surface area contributed by atoms with E-state index in [1.165, 1.54) is 61.0 Å². The minimum atomic E-state index is 0.0482. The van der Waals surface area contributed by atoms with Crippen LogP contribution < -0.4 is 31.1 Å². The number of para-hydroxylation sites is 5. The molecule has 0 saturated heterocycles. The summed E-state index contributed by atoms with van der Waals surface area (Å²) in [5, 5.41) is 2.43. The Morgan fingerprint density at radius 1 is 0.375 bits per heavy atom. The Bertz CT molecular complexity index is 2770. The molecule has 0 amide bonds. The molecule has 9 aromatic carbocycles. The van der Waals surface area contributed by atoms with E-state index in [9.17, 15) is 0 Å². The SMILES string of the molecule is c1ccc(-c2c(N(c3ccccc3)c3cc4c5c(c3)N(c3ccccc3)c3ccccc3B5c3ccccc3N4c3ccccc3)ccc3ccccc23)cc1. The first kappa shape index (κ1) is 32.2. The smallest absolute Gasteiger partial charge is 0.252 e. The van der Waals surface area contributed by atoms with Gasteiger partial charge in [-0.2, -0.15) is 0 Å². The zero-order valence-corrected chi connectivity index (χ0v) is 30.7. The van der Waals surface area contributed by atoms with Crippen LogP contribution in [0.4, 0.5) is 51.2 Å². The molecule has 0 N–H and O–H groups in total. The molecule has 11 rings (SSSR count). The summed E-state index contributed by atoms with van der Waals surface area (Å²) < 4.78 is 0. The van der Waals surface area contributed by atoms with E-state index in [1.807, 2.05) is 0 Å². The molecule has 0 radical (unpaired) electrons. The third kappa shape index (κ3) is 5.07. The minimum Gasteiger partial charge on any atom is -0.311 e. The molecular formula is C52H36BN3. The van der Waals surface area contributed by atoms with Crippen LogP contribution >= 0.6 is 0 Å². The highest BCUT2D eigenvalue weighted by atomic mass is 15.2. The van der Waals surface area contributed by atoms with Crippen LogP contribution in [0.25, 0.3) is 21.9 Å². The van der Waals surface area contributed by atoms with Gasteiger partial charge in [0.2, 0.25) is 0 Å². The number of hydrogen-bond acceptors (Lipinski definition) is 3. The zero-order valence-electron chi connectivity index (χ0n) is 30.7. The molecule has 0 fully saturated rings. The maximum Gasteiger partial charge on any atom is 0.252 e. The molecule has 2 aliphatic heterocycles. The predicted molar refractivity (Wildman–Crippen MR) is 238 cm³/mol. The van der Waals surface area contributed by atoms with Crippen LogP contribution in [0.5, 0.6) is 0 Å². The van der Waals surface area contributed by atoms with Gasteiger partial charge in [-0.05, 0) is 99.5 Å². The van der Waals surface area contributed by atoms with Gasteiger partial charge in [-0.1, -0.05) is 152 Å². The summed E-state index contributed by atoms with van der Waals surface area (Å²) in [7, 11) is 0. The molecule has 2 heterocycles. The Morgan fingerprint density at radius 2 is 0.857 bits per heavy atom. The van der Waals surface area contributed by atoms with Crippen LogP contribution in [-0.2, 0) is 0 Å². The van der Waals surface area contributed by atoms with E-state index in [-0.39, 0.29) is 6.71 Å². The predicted octanol–water partition coefficient (Wildman–Crippen LogP) is 12.1. The Kier molecular flexibility index (Phi) is 7.60. The van der Waals surface area contributed by atoms with Crippen molar-refractivity contribution in [2.45, 2.75) is 0 Å². The van der Waals surface area contributed by atoms with Crippen molar-refractivity contribution in [2.24, 2.45) is 0 Å². The minimum absolute atomic E-state index is 0.0482. The van der Waals surface area contributed by atoms with Crippen molar-refractivity contribution in [3.63, 3.8) is 0 Å². The molecule has 0 bridgehead atoms. The van der Waals surface area contributed by atoms with E-state index in [4.69, 9.17) is 0 Å². The van der Waals surface area contributed by atoms with Gasteiger partial charge < -0.3 is 14.7 Å². The molecule has 0 aromatic heterocycles. The van der Waals surface area contributed by atoms with Crippen molar-refractivity contribution < 1.29 is 0 Å². The zero-order chi connectivity index (χ0) is 37.0. The van der Waals surface area contributed by atoms with Crippen LogP contribution in [-0.4, -0.2) is 6.71 Å². The van der Waals surface area contributed by atoms with Crippen molar-refractivity contribution in [1.82, 2.24) is 0 Å². The standard InChI is InChI=1S/C52H36BN3/c1-5-20-38(21-6-1)51-43-28-14-13-19-37(43)33-34-48(51)54(39-22-7-2-8-23-39)42-35-49-52-50(36-42)56(41-26-11-4-12-27-41)47-32-18-16-30-45(47)53(52)44-29-15-17-31-46(44)55(49)40-24-9-3-10-25-40/h1-36H. The van der Waals surface area contributed by atoms with Crippen LogP contribution in [0.1, 0.15) is 0 Å². The number of fused-ring (bicyclic) bond motifs is 5. The molecule has 0 unspecified atom stereocenters. The molecular weight excluding hydrogens is 677 g/mol. The summed E-state index contributed by atoms with van der Waals surface area (Å²) in [4.78, 5) is 7.42. The fraction of sp³-hybridized carbons (Fsp3) is 0. The number of rotatable bonds is 6. The van der Waals surface area contributed by atoms with Gasteiger partial charge in [-0.3, -0.25) is 0 Å². The topological polar surface area (TPSA) is 9.72 Å². The fourth-order valence-corrected chi connectivity index (χ4v) is 9.08. The van der Waals surface area contributed by atoms with Gasteiger partial charge in [-0.15, -0.1) is 0 Å². The van der Waals surface area contributed by atoms with Gasteiger partial charge in [0.25, 0.3) is 6.71 Å². The number of hydrogen-bond donors (Lipinski definition) is 0. The second kappa shape index (κ2) is 13.2. The second-order valence-electron chi connectivity index (χ2n) is 14.5. The lowest BCUT2D eigenvalue weighted by Crippen LogP contribution is -2.61. The van der Waals surface area contributed by atoms with E-state index in [0.29, 0.717) is 0 Å². The quantitative estimate of drug-likeness (QED) is 0.159. The van der Waals surface area contributed by atoms with E-state index in [0.717, 1.165) is 28.4 Å². The third-order valence-electron chi connectivity index (χ3n) is 11.4. The van der Waals surface area contributed by atoms with Crippen molar-refractivity contribution in [3.8, 4) is 11.1 Å². The largest absolute Gasteiger partial charge is 0.311 e. The van der Waals surface area contributed by atoms with Gasteiger partial charge in [0.15, 0.2) is 0 Å². The van der Waals surface area contributed by atoms with Crippen LogP contribution in [0, 0.1) is 0 Å². The van der Waals surface area contributed by atoms with Crippen LogP contribution in [0.2, 0.25) is 0 Å². The summed E-state index contributed by atoms with van der Waals surface area (Å²) in [6.07, 6.45) is 0. The molecule has 262 valence electrons.